The maximum Gasteiger partial charge on any atom is 0.271 e. The van der Waals surface area contributed by atoms with Gasteiger partial charge in [0.1, 0.15) is 5.75 Å². The van der Waals surface area contributed by atoms with E-state index in [1.165, 1.54) is 24.3 Å². The van der Waals surface area contributed by atoms with Gasteiger partial charge in [0.25, 0.3) is 5.91 Å². The van der Waals surface area contributed by atoms with Gasteiger partial charge in [0.05, 0.1) is 5.71 Å². The largest absolute Gasteiger partial charge is 0.508 e. The molecule has 0 aromatic heterocycles. The lowest BCUT2D eigenvalue weighted by atomic mass is 10.1. The second-order valence-electron chi connectivity index (χ2n) is 6.03. The number of benzene rings is 2. The van der Waals surface area contributed by atoms with Crippen LogP contribution in [0.2, 0.25) is 0 Å². The van der Waals surface area contributed by atoms with Crippen molar-refractivity contribution in [3.8, 4) is 5.75 Å². The van der Waals surface area contributed by atoms with Crippen LogP contribution in [0.3, 0.4) is 0 Å². The third-order valence-electron chi connectivity index (χ3n) is 3.97. The van der Waals surface area contributed by atoms with E-state index in [1.54, 1.807) is 6.92 Å². The van der Waals surface area contributed by atoms with E-state index in [4.69, 9.17) is 0 Å². The van der Waals surface area contributed by atoms with Crippen LogP contribution >= 0.6 is 0 Å². The molecule has 1 fully saturated rings. The molecule has 0 atom stereocenters. The van der Waals surface area contributed by atoms with Crippen molar-refractivity contribution in [2.24, 2.45) is 11.0 Å². The molecule has 0 aliphatic heterocycles. The molecule has 2 aromatic carbocycles. The van der Waals surface area contributed by atoms with Crippen molar-refractivity contribution in [3.05, 3.63) is 59.7 Å². The normalized spacial score (nSPS) is 14.0. The molecule has 2 aromatic rings. The lowest BCUT2D eigenvalue weighted by Crippen LogP contribution is -2.19. The fourth-order valence-electron chi connectivity index (χ4n) is 2.26. The van der Waals surface area contributed by atoms with Crippen LogP contribution in [0.4, 0.5) is 5.69 Å². The average molecular weight is 337 g/mol. The molecule has 2 amide bonds. The van der Waals surface area contributed by atoms with E-state index in [0.717, 1.165) is 24.1 Å². The number of carbonyl (C=O) groups is 2. The fourth-order valence-corrected chi connectivity index (χ4v) is 2.26. The predicted molar refractivity (Wildman–Crippen MR) is 95.6 cm³/mol. The molecule has 0 heterocycles. The molecule has 0 radical (unpaired) electrons. The number of anilines is 1. The van der Waals surface area contributed by atoms with E-state index >= 15 is 0 Å². The van der Waals surface area contributed by atoms with Crippen molar-refractivity contribution in [2.45, 2.75) is 19.8 Å². The molecule has 6 heteroatoms. The van der Waals surface area contributed by atoms with Gasteiger partial charge in [-0.15, -0.1) is 0 Å². The van der Waals surface area contributed by atoms with Gasteiger partial charge in [-0.2, -0.15) is 5.10 Å². The van der Waals surface area contributed by atoms with Crippen LogP contribution in [0.15, 0.2) is 53.6 Å². The van der Waals surface area contributed by atoms with Gasteiger partial charge in [-0.05, 0) is 61.7 Å². The van der Waals surface area contributed by atoms with Gasteiger partial charge in [0.2, 0.25) is 5.91 Å². The Hall–Kier alpha value is -3.15. The summed E-state index contributed by atoms with van der Waals surface area (Å²) in [5.41, 5.74) is 5.13. The summed E-state index contributed by atoms with van der Waals surface area (Å²) in [4.78, 5) is 23.7. The summed E-state index contributed by atoms with van der Waals surface area (Å²) >= 11 is 0. The zero-order valence-corrected chi connectivity index (χ0v) is 13.8. The number of amides is 2. The Kier molecular flexibility index (Phi) is 4.79. The van der Waals surface area contributed by atoms with Crippen LogP contribution in [0, 0.1) is 5.92 Å². The fraction of sp³-hybridized carbons (Fsp3) is 0.211. The van der Waals surface area contributed by atoms with E-state index in [0.29, 0.717) is 11.3 Å². The topological polar surface area (TPSA) is 90.8 Å². The van der Waals surface area contributed by atoms with Crippen molar-refractivity contribution in [1.82, 2.24) is 5.43 Å². The molecular formula is C19H19N3O3. The Balaban J connectivity index is 1.60. The monoisotopic (exact) mass is 337 g/mol. The standard InChI is InChI=1S/C19H19N3O3/c1-12(21-22-19(25)15-6-10-17(23)11-7-15)13-4-8-16(9-5-13)20-18(24)14-2-3-14/h4-11,14,23H,2-3H2,1H3,(H,20,24)(H,22,25)/b21-12+. The van der Waals surface area contributed by atoms with E-state index in [-0.39, 0.29) is 23.5 Å². The highest BCUT2D eigenvalue weighted by Gasteiger charge is 2.29. The summed E-state index contributed by atoms with van der Waals surface area (Å²) in [7, 11) is 0. The van der Waals surface area contributed by atoms with Crippen molar-refractivity contribution < 1.29 is 14.7 Å². The Morgan fingerprint density at radius 2 is 1.60 bits per heavy atom. The van der Waals surface area contributed by atoms with Gasteiger partial charge in [0, 0.05) is 17.2 Å². The minimum atomic E-state index is -0.354. The van der Waals surface area contributed by atoms with Crippen LogP contribution in [-0.4, -0.2) is 22.6 Å². The molecule has 3 N–H and O–H groups in total. The predicted octanol–water partition coefficient (Wildman–Crippen LogP) is 2.89. The molecule has 0 spiro atoms. The third kappa shape index (κ3) is 4.44. The van der Waals surface area contributed by atoms with Crippen LogP contribution in [0.25, 0.3) is 0 Å². The average Bonchev–Trinajstić information content (AvgIpc) is 3.46. The number of carbonyl (C=O) groups excluding carboxylic acids is 2. The number of phenolic OH excluding ortho intramolecular Hbond substituents is 1. The number of hydrogen-bond acceptors (Lipinski definition) is 4. The first kappa shape index (κ1) is 16.7. The van der Waals surface area contributed by atoms with Gasteiger partial charge < -0.3 is 10.4 Å². The molecule has 0 saturated heterocycles. The van der Waals surface area contributed by atoms with Gasteiger partial charge in [-0.3, -0.25) is 9.59 Å². The van der Waals surface area contributed by atoms with Gasteiger partial charge in [-0.1, -0.05) is 12.1 Å². The minimum Gasteiger partial charge on any atom is -0.508 e. The Bertz CT molecular complexity index is 807. The van der Waals surface area contributed by atoms with E-state index in [9.17, 15) is 14.7 Å². The molecule has 1 saturated carbocycles. The third-order valence-corrected chi connectivity index (χ3v) is 3.97. The maximum absolute atomic E-state index is 12.0. The Morgan fingerprint density at radius 3 is 2.20 bits per heavy atom. The first-order valence-electron chi connectivity index (χ1n) is 8.08. The zero-order chi connectivity index (χ0) is 17.8. The SMILES string of the molecule is C/C(=N\NC(=O)c1ccc(O)cc1)c1ccc(NC(=O)C2CC2)cc1. The van der Waals surface area contributed by atoms with E-state index < -0.39 is 0 Å². The van der Waals surface area contributed by atoms with Crippen LogP contribution in [0.1, 0.15) is 35.7 Å². The molecule has 128 valence electrons. The molecule has 0 bridgehead atoms. The smallest absolute Gasteiger partial charge is 0.271 e. The molecular weight excluding hydrogens is 318 g/mol. The number of hydrazone groups is 1. The van der Waals surface area contributed by atoms with Crippen molar-refractivity contribution in [2.75, 3.05) is 5.32 Å². The zero-order valence-electron chi connectivity index (χ0n) is 13.8. The quantitative estimate of drug-likeness (QED) is 0.579. The molecule has 1 aliphatic rings. The molecule has 1 aliphatic carbocycles. The summed E-state index contributed by atoms with van der Waals surface area (Å²) in [6, 6.07) is 13.2. The van der Waals surface area contributed by atoms with Crippen molar-refractivity contribution >= 4 is 23.2 Å². The van der Waals surface area contributed by atoms with Gasteiger partial charge >= 0.3 is 0 Å². The summed E-state index contributed by atoms with van der Waals surface area (Å²) < 4.78 is 0. The first-order valence-corrected chi connectivity index (χ1v) is 8.08. The van der Waals surface area contributed by atoms with Gasteiger partial charge in [-0.25, -0.2) is 5.43 Å². The summed E-state index contributed by atoms with van der Waals surface area (Å²) in [5, 5.41) is 16.2. The highest BCUT2D eigenvalue weighted by atomic mass is 16.3. The Morgan fingerprint density at radius 1 is 1.00 bits per heavy atom. The highest BCUT2D eigenvalue weighted by molar-refractivity contribution is 6.01. The minimum absolute atomic E-state index is 0.0688. The summed E-state index contributed by atoms with van der Waals surface area (Å²) in [5.74, 6) is -0.0184. The van der Waals surface area contributed by atoms with Crippen molar-refractivity contribution in [1.29, 1.82) is 0 Å². The van der Waals surface area contributed by atoms with Crippen LogP contribution in [-0.2, 0) is 4.79 Å². The number of aromatic hydroxyl groups is 1. The molecule has 3 rings (SSSR count). The maximum atomic E-state index is 12.0. The number of phenols is 1. The second-order valence-corrected chi connectivity index (χ2v) is 6.03. The lowest BCUT2D eigenvalue weighted by molar-refractivity contribution is -0.117. The highest BCUT2D eigenvalue weighted by Crippen LogP contribution is 2.30. The van der Waals surface area contributed by atoms with Crippen LogP contribution in [0.5, 0.6) is 5.75 Å². The number of nitrogens with zero attached hydrogens (tertiary/aromatic N) is 1. The second kappa shape index (κ2) is 7.17. The van der Waals surface area contributed by atoms with E-state index in [2.05, 4.69) is 15.8 Å². The van der Waals surface area contributed by atoms with Gasteiger partial charge in [0.15, 0.2) is 0 Å². The summed E-state index contributed by atoms with van der Waals surface area (Å²) in [6.45, 7) is 1.79. The molecule has 25 heavy (non-hydrogen) atoms. The molecule has 0 unspecified atom stereocenters. The number of hydrogen-bond donors (Lipinski definition) is 3. The van der Waals surface area contributed by atoms with E-state index in [1.807, 2.05) is 24.3 Å². The first-order chi connectivity index (χ1) is 12.0. The van der Waals surface area contributed by atoms with Crippen molar-refractivity contribution in [3.63, 3.8) is 0 Å². The number of nitrogens with one attached hydrogen (secondary N) is 2. The van der Waals surface area contributed by atoms with Crippen LogP contribution < -0.4 is 10.7 Å². The molecule has 6 nitrogen and oxygen atoms in total. The summed E-state index contributed by atoms with van der Waals surface area (Å²) in [6.07, 6.45) is 1.94. The lowest BCUT2D eigenvalue weighted by Gasteiger charge is -2.06. The Labute approximate surface area is 145 Å². The number of rotatable bonds is 5.